The molecule has 0 spiro atoms. The number of amides is 1. The first kappa shape index (κ1) is 22.7. The first-order chi connectivity index (χ1) is 15.1. The Morgan fingerprint density at radius 1 is 1.39 bits per heavy atom. The standard InChI is InChI=1S/C21H26N4O5S/c1-2-28-20(27)10-16-14-31-21(24-16)25-23-11-15-6-3-4-8-18(15)30-13-19(26)22-12-17-7-5-9-29-17/h3-4,6,8,11,14,17H,2,5,7,9-10,12-13H2,1H3,(H,22,26)(H,24,25). The normalized spacial score (nSPS) is 15.7. The molecule has 0 bridgehead atoms. The summed E-state index contributed by atoms with van der Waals surface area (Å²) in [5.74, 6) is 0.0356. The van der Waals surface area contributed by atoms with Crippen molar-refractivity contribution in [1.29, 1.82) is 0 Å². The van der Waals surface area contributed by atoms with Gasteiger partial charge in [0.15, 0.2) is 6.61 Å². The first-order valence-corrected chi connectivity index (χ1v) is 11.0. The molecule has 0 saturated carbocycles. The number of nitrogens with zero attached hydrogens (tertiary/aromatic N) is 2. The fourth-order valence-corrected chi connectivity index (χ4v) is 3.56. The summed E-state index contributed by atoms with van der Waals surface area (Å²) in [7, 11) is 0. The maximum absolute atomic E-state index is 12.0. The fraction of sp³-hybridized carbons (Fsp3) is 0.429. The Morgan fingerprint density at radius 3 is 3.06 bits per heavy atom. The molecular weight excluding hydrogens is 420 g/mol. The number of anilines is 1. The number of rotatable bonds is 11. The van der Waals surface area contributed by atoms with Crippen molar-refractivity contribution in [1.82, 2.24) is 10.3 Å². The minimum absolute atomic E-state index is 0.0886. The van der Waals surface area contributed by atoms with Crippen molar-refractivity contribution in [2.24, 2.45) is 5.10 Å². The Morgan fingerprint density at radius 2 is 2.26 bits per heavy atom. The van der Waals surface area contributed by atoms with Crippen LogP contribution in [0.25, 0.3) is 0 Å². The van der Waals surface area contributed by atoms with Crippen molar-refractivity contribution in [2.45, 2.75) is 32.3 Å². The number of carbonyl (C=O) groups excluding carboxylic acids is 2. The van der Waals surface area contributed by atoms with Crippen molar-refractivity contribution >= 4 is 34.6 Å². The van der Waals surface area contributed by atoms with Crippen LogP contribution in [0, 0.1) is 0 Å². The number of para-hydroxylation sites is 1. The zero-order valence-electron chi connectivity index (χ0n) is 17.3. The molecule has 2 N–H and O–H groups in total. The third-order valence-corrected chi connectivity index (χ3v) is 5.17. The van der Waals surface area contributed by atoms with E-state index in [1.54, 1.807) is 24.6 Å². The van der Waals surface area contributed by atoms with E-state index >= 15 is 0 Å². The van der Waals surface area contributed by atoms with E-state index in [9.17, 15) is 9.59 Å². The molecule has 0 aliphatic carbocycles. The molecule has 1 saturated heterocycles. The van der Waals surface area contributed by atoms with E-state index in [2.05, 4.69) is 20.8 Å². The van der Waals surface area contributed by atoms with Crippen LogP contribution in [0.5, 0.6) is 5.75 Å². The van der Waals surface area contributed by atoms with Crippen LogP contribution in [0.4, 0.5) is 5.13 Å². The molecule has 10 heteroatoms. The third kappa shape index (κ3) is 7.65. The van der Waals surface area contributed by atoms with Gasteiger partial charge in [-0.25, -0.2) is 4.98 Å². The highest BCUT2D eigenvalue weighted by molar-refractivity contribution is 7.13. The first-order valence-electron chi connectivity index (χ1n) is 10.1. The van der Waals surface area contributed by atoms with Gasteiger partial charge in [0.1, 0.15) is 5.75 Å². The smallest absolute Gasteiger partial charge is 0.311 e. The minimum atomic E-state index is -0.311. The van der Waals surface area contributed by atoms with Gasteiger partial charge in [-0.3, -0.25) is 15.0 Å². The van der Waals surface area contributed by atoms with E-state index in [4.69, 9.17) is 14.2 Å². The summed E-state index contributed by atoms with van der Waals surface area (Å²) >= 11 is 1.34. The molecule has 0 radical (unpaired) electrons. The summed E-state index contributed by atoms with van der Waals surface area (Å²) in [4.78, 5) is 27.8. The maximum atomic E-state index is 12.0. The number of esters is 1. The lowest BCUT2D eigenvalue weighted by molar-refractivity contribution is -0.142. The number of ether oxygens (including phenoxy) is 3. The van der Waals surface area contributed by atoms with Gasteiger partial charge in [0.25, 0.3) is 5.91 Å². The Balaban J connectivity index is 1.47. The Kier molecular flexibility index (Phi) is 8.80. The molecule has 1 unspecified atom stereocenters. The fourth-order valence-electron chi connectivity index (χ4n) is 2.90. The molecule has 1 aromatic heterocycles. The van der Waals surface area contributed by atoms with Gasteiger partial charge < -0.3 is 19.5 Å². The summed E-state index contributed by atoms with van der Waals surface area (Å²) in [6.45, 7) is 3.28. The number of hydrogen-bond acceptors (Lipinski definition) is 9. The van der Waals surface area contributed by atoms with Crippen LogP contribution in [0.3, 0.4) is 0 Å². The van der Waals surface area contributed by atoms with Gasteiger partial charge in [0, 0.05) is 24.1 Å². The predicted octanol–water partition coefficient (Wildman–Crippen LogP) is 2.37. The summed E-state index contributed by atoms with van der Waals surface area (Å²) < 4.78 is 16.1. The Hall–Kier alpha value is -2.98. The Bertz CT molecular complexity index is 895. The van der Waals surface area contributed by atoms with Crippen LogP contribution in [0.1, 0.15) is 31.0 Å². The van der Waals surface area contributed by atoms with Crippen molar-refractivity contribution in [2.75, 3.05) is 31.8 Å². The van der Waals surface area contributed by atoms with E-state index in [-0.39, 0.29) is 31.0 Å². The number of aromatic nitrogens is 1. The van der Waals surface area contributed by atoms with Gasteiger partial charge in [0.05, 0.1) is 31.0 Å². The SMILES string of the molecule is CCOC(=O)Cc1csc(NN=Cc2ccccc2OCC(=O)NCC2CCCO2)n1. The summed E-state index contributed by atoms with van der Waals surface area (Å²) in [6.07, 6.45) is 3.81. The van der Waals surface area contributed by atoms with E-state index in [0.29, 0.717) is 35.3 Å². The molecule has 2 heterocycles. The average Bonchev–Trinajstić information content (AvgIpc) is 3.44. The lowest BCUT2D eigenvalue weighted by atomic mass is 10.2. The molecule has 1 atom stereocenters. The van der Waals surface area contributed by atoms with E-state index < -0.39 is 0 Å². The van der Waals surface area contributed by atoms with Crippen molar-refractivity contribution in [3.8, 4) is 5.75 Å². The summed E-state index contributed by atoms with van der Waals surface area (Å²) in [6, 6.07) is 7.29. The zero-order valence-corrected chi connectivity index (χ0v) is 18.2. The number of hydrogen-bond donors (Lipinski definition) is 2. The van der Waals surface area contributed by atoms with Crippen LogP contribution in [0.2, 0.25) is 0 Å². The highest BCUT2D eigenvalue weighted by Gasteiger charge is 2.16. The largest absolute Gasteiger partial charge is 0.483 e. The topological polar surface area (TPSA) is 111 Å². The zero-order chi connectivity index (χ0) is 21.9. The molecule has 1 fully saturated rings. The van der Waals surface area contributed by atoms with Crippen LogP contribution >= 0.6 is 11.3 Å². The summed E-state index contributed by atoms with van der Waals surface area (Å²) in [5.41, 5.74) is 4.18. The highest BCUT2D eigenvalue weighted by Crippen LogP contribution is 2.18. The number of carbonyl (C=O) groups is 2. The van der Waals surface area contributed by atoms with E-state index in [1.165, 1.54) is 11.3 Å². The van der Waals surface area contributed by atoms with Crippen LogP contribution < -0.4 is 15.5 Å². The Labute approximate surface area is 184 Å². The van der Waals surface area contributed by atoms with E-state index in [1.807, 2.05) is 18.2 Å². The van der Waals surface area contributed by atoms with Crippen LogP contribution in [-0.2, 0) is 25.5 Å². The monoisotopic (exact) mass is 446 g/mol. The number of nitrogens with one attached hydrogen (secondary N) is 2. The molecule has 1 aliphatic heterocycles. The second-order valence-corrected chi connectivity index (χ2v) is 7.62. The number of hydrazone groups is 1. The predicted molar refractivity (Wildman–Crippen MR) is 118 cm³/mol. The van der Waals surface area contributed by atoms with Gasteiger partial charge in [-0.2, -0.15) is 5.10 Å². The molecule has 3 rings (SSSR count). The molecule has 1 amide bonds. The highest BCUT2D eigenvalue weighted by atomic mass is 32.1. The minimum Gasteiger partial charge on any atom is -0.483 e. The molecule has 31 heavy (non-hydrogen) atoms. The maximum Gasteiger partial charge on any atom is 0.311 e. The van der Waals surface area contributed by atoms with Gasteiger partial charge in [-0.15, -0.1) is 11.3 Å². The van der Waals surface area contributed by atoms with Gasteiger partial charge in [-0.1, -0.05) is 12.1 Å². The number of thiazole rings is 1. The third-order valence-electron chi connectivity index (χ3n) is 4.38. The lowest BCUT2D eigenvalue weighted by Crippen LogP contribution is -2.35. The molecule has 2 aromatic rings. The lowest BCUT2D eigenvalue weighted by Gasteiger charge is -2.12. The van der Waals surface area contributed by atoms with Crippen molar-refractivity contribution < 1.29 is 23.8 Å². The van der Waals surface area contributed by atoms with Crippen LogP contribution in [0.15, 0.2) is 34.7 Å². The average molecular weight is 447 g/mol. The molecule has 9 nitrogen and oxygen atoms in total. The molecule has 1 aliphatic rings. The van der Waals surface area contributed by atoms with Crippen molar-refractivity contribution in [3.63, 3.8) is 0 Å². The van der Waals surface area contributed by atoms with Crippen molar-refractivity contribution in [3.05, 3.63) is 40.9 Å². The quantitative estimate of drug-likeness (QED) is 0.310. The summed E-state index contributed by atoms with van der Waals surface area (Å²) in [5, 5.41) is 9.34. The van der Waals surface area contributed by atoms with Gasteiger partial charge in [0.2, 0.25) is 5.13 Å². The molecule has 1 aromatic carbocycles. The van der Waals surface area contributed by atoms with Gasteiger partial charge in [-0.05, 0) is 31.9 Å². The van der Waals surface area contributed by atoms with E-state index in [0.717, 1.165) is 19.4 Å². The second-order valence-electron chi connectivity index (χ2n) is 6.76. The number of benzene rings is 1. The van der Waals surface area contributed by atoms with Crippen LogP contribution in [-0.4, -0.2) is 55.5 Å². The second kappa shape index (κ2) is 12.0. The van der Waals surface area contributed by atoms with Gasteiger partial charge >= 0.3 is 5.97 Å². The molecule has 166 valence electrons. The molecular formula is C21H26N4O5S.